The van der Waals surface area contributed by atoms with Crippen molar-refractivity contribution in [1.82, 2.24) is 0 Å². The van der Waals surface area contributed by atoms with Gasteiger partial charge >= 0.3 is 6.18 Å². The van der Waals surface area contributed by atoms with Crippen LogP contribution in [0, 0.1) is 12.8 Å². The van der Waals surface area contributed by atoms with Crippen LogP contribution in [0.4, 0.5) is 13.2 Å². The summed E-state index contributed by atoms with van der Waals surface area (Å²) in [5, 5.41) is 0. The zero-order valence-corrected chi connectivity index (χ0v) is 12.2. The van der Waals surface area contributed by atoms with E-state index in [4.69, 9.17) is 5.73 Å². The number of rotatable bonds is 5. The first-order valence-electron chi connectivity index (χ1n) is 6.23. The topological polar surface area (TPSA) is 26.0 Å². The molecule has 1 rings (SSSR count). The van der Waals surface area contributed by atoms with E-state index in [1.54, 1.807) is 18.7 Å². The van der Waals surface area contributed by atoms with Gasteiger partial charge in [-0.05, 0) is 41.9 Å². The molecule has 0 aliphatic heterocycles. The molecule has 1 atom stereocenters. The highest BCUT2D eigenvalue weighted by atomic mass is 32.2. The third kappa shape index (κ3) is 5.07. The molecule has 108 valence electrons. The van der Waals surface area contributed by atoms with Crippen LogP contribution in [-0.4, -0.2) is 11.5 Å². The second-order valence-electron chi connectivity index (χ2n) is 5.11. The zero-order chi connectivity index (χ0) is 14.6. The Balaban J connectivity index is 2.73. The van der Waals surface area contributed by atoms with Crippen LogP contribution in [-0.2, 0) is 6.18 Å². The molecule has 0 heterocycles. The van der Waals surface area contributed by atoms with Gasteiger partial charge < -0.3 is 5.73 Å². The fourth-order valence-corrected chi connectivity index (χ4v) is 2.83. The molecule has 1 unspecified atom stereocenters. The van der Waals surface area contributed by atoms with Crippen molar-refractivity contribution in [3.05, 3.63) is 34.9 Å². The Labute approximate surface area is 116 Å². The fourth-order valence-electron chi connectivity index (χ4n) is 1.79. The van der Waals surface area contributed by atoms with Gasteiger partial charge in [0.05, 0.1) is 5.56 Å². The number of benzene rings is 1. The van der Waals surface area contributed by atoms with Crippen LogP contribution in [0.25, 0.3) is 0 Å². The number of hydrogen-bond donors (Lipinski definition) is 1. The molecule has 1 aromatic carbocycles. The van der Waals surface area contributed by atoms with E-state index in [0.29, 0.717) is 11.5 Å². The molecular formula is C14H20F3NS. The van der Waals surface area contributed by atoms with Crippen LogP contribution in [0.1, 0.15) is 36.6 Å². The number of alkyl halides is 3. The average Bonchev–Trinajstić information content (AvgIpc) is 2.26. The average molecular weight is 291 g/mol. The van der Waals surface area contributed by atoms with Gasteiger partial charge in [-0.2, -0.15) is 24.9 Å². The normalized spacial score (nSPS) is 13.9. The third-order valence-corrected chi connectivity index (χ3v) is 4.24. The van der Waals surface area contributed by atoms with E-state index in [1.807, 2.05) is 0 Å². The molecule has 5 heteroatoms. The molecule has 0 aliphatic rings. The Kier molecular flexibility index (Phi) is 5.74. The predicted octanol–water partition coefficient (Wildman–Crippen LogP) is 4.40. The smallest absolute Gasteiger partial charge is 0.323 e. The van der Waals surface area contributed by atoms with E-state index in [9.17, 15) is 13.2 Å². The Hall–Kier alpha value is -0.680. The standard InChI is InChI=1S/C14H20F3NS/c1-9(2)7-19-8-13(18)12-5-4-11(6-10(12)3)14(15,16)17/h4-6,9,13H,7-8,18H2,1-3H3. The summed E-state index contributed by atoms with van der Waals surface area (Å²) < 4.78 is 37.7. The van der Waals surface area contributed by atoms with Gasteiger partial charge in [0.15, 0.2) is 0 Å². The lowest BCUT2D eigenvalue weighted by molar-refractivity contribution is -0.137. The van der Waals surface area contributed by atoms with Gasteiger partial charge in [0.1, 0.15) is 0 Å². The van der Waals surface area contributed by atoms with Gasteiger partial charge in [0, 0.05) is 11.8 Å². The van der Waals surface area contributed by atoms with Crippen LogP contribution in [0.3, 0.4) is 0 Å². The van der Waals surface area contributed by atoms with Crippen LogP contribution >= 0.6 is 11.8 Å². The summed E-state index contributed by atoms with van der Waals surface area (Å²) in [6.07, 6.45) is -4.29. The van der Waals surface area contributed by atoms with Crippen LogP contribution in [0.2, 0.25) is 0 Å². The quantitative estimate of drug-likeness (QED) is 0.870. The van der Waals surface area contributed by atoms with E-state index in [-0.39, 0.29) is 6.04 Å². The minimum absolute atomic E-state index is 0.217. The second-order valence-corrected chi connectivity index (χ2v) is 6.18. The molecule has 19 heavy (non-hydrogen) atoms. The minimum atomic E-state index is -4.29. The molecule has 0 radical (unpaired) electrons. The molecule has 0 bridgehead atoms. The summed E-state index contributed by atoms with van der Waals surface area (Å²) in [4.78, 5) is 0. The van der Waals surface area contributed by atoms with Crippen molar-refractivity contribution in [3.63, 3.8) is 0 Å². The Morgan fingerprint density at radius 2 is 1.84 bits per heavy atom. The highest BCUT2D eigenvalue weighted by Gasteiger charge is 2.30. The SMILES string of the molecule is Cc1cc(C(F)(F)F)ccc1C(N)CSCC(C)C. The highest BCUT2D eigenvalue weighted by Crippen LogP contribution is 2.31. The molecule has 0 fully saturated rings. The monoisotopic (exact) mass is 291 g/mol. The molecule has 0 saturated heterocycles. The zero-order valence-electron chi connectivity index (χ0n) is 11.4. The first kappa shape index (κ1) is 16.4. The molecule has 0 amide bonds. The maximum absolute atomic E-state index is 12.6. The molecule has 0 aliphatic carbocycles. The number of thioether (sulfide) groups is 1. The van der Waals surface area contributed by atoms with E-state index >= 15 is 0 Å². The van der Waals surface area contributed by atoms with Crippen molar-refractivity contribution in [1.29, 1.82) is 0 Å². The molecule has 0 aromatic heterocycles. The predicted molar refractivity (Wildman–Crippen MR) is 75.3 cm³/mol. The minimum Gasteiger partial charge on any atom is -0.323 e. The van der Waals surface area contributed by atoms with Crippen LogP contribution < -0.4 is 5.73 Å². The Morgan fingerprint density at radius 3 is 2.32 bits per heavy atom. The first-order valence-corrected chi connectivity index (χ1v) is 7.38. The van der Waals surface area contributed by atoms with Crippen molar-refractivity contribution in [3.8, 4) is 0 Å². The summed E-state index contributed by atoms with van der Waals surface area (Å²) in [5.41, 5.74) is 6.82. The number of aryl methyl sites for hydroxylation is 1. The molecule has 1 nitrogen and oxygen atoms in total. The maximum Gasteiger partial charge on any atom is 0.416 e. The first-order chi connectivity index (χ1) is 8.71. The van der Waals surface area contributed by atoms with E-state index < -0.39 is 11.7 Å². The lowest BCUT2D eigenvalue weighted by Crippen LogP contribution is -2.16. The van der Waals surface area contributed by atoms with Crippen molar-refractivity contribution in [2.75, 3.05) is 11.5 Å². The van der Waals surface area contributed by atoms with Crippen LogP contribution in [0.15, 0.2) is 18.2 Å². The lowest BCUT2D eigenvalue weighted by Gasteiger charge is -2.17. The number of hydrogen-bond acceptors (Lipinski definition) is 2. The van der Waals surface area contributed by atoms with Crippen molar-refractivity contribution >= 4 is 11.8 Å². The van der Waals surface area contributed by atoms with Gasteiger partial charge in [-0.3, -0.25) is 0 Å². The summed E-state index contributed by atoms with van der Waals surface area (Å²) in [6, 6.07) is 3.56. The van der Waals surface area contributed by atoms with E-state index in [1.165, 1.54) is 12.1 Å². The summed E-state index contributed by atoms with van der Waals surface area (Å²) in [7, 11) is 0. The molecular weight excluding hydrogens is 271 g/mol. The fraction of sp³-hybridized carbons (Fsp3) is 0.571. The van der Waals surface area contributed by atoms with Crippen molar-refractivity contribution < 1.29 is 13.2 Å². The summed E-state index contributed by atoms with van der Waals surface area (Å²) in [5.74, 6) is 2.32. The van der Waals surface area contributed by atoms with Gasteiger partial charge in [-0.1, -0.05) is 19.9 Å². The largest absolute Gasteiger partial charge is 0.416 e. The molecule has 1 aromatic rings. The maximum atomic E-state index is 12.6. The number of halogens is 3. The highest BCUT2D eigenvalue weighted by molar-refractivity contribution is 7.99. The van der Waals surface area contributed by atoms with E-state index in [2.05, 4.69) is 13.8 Å². The van der Waals surface area contributed by atoms with Crippen molar-refractivity contribution in [2.45, 2.75) is 33.0 Å². The Morgan fingerprint density at radius 1 is 1.21 bits per heavy atom. The van der Waals surface area contributed by atoms with E-state index in [0.717, 1.165) is 23.1 Å². The molecule has 2 N–H and O–H groups in total. The lowest BCUT2D eigenvalue weighted by atomic mass is 10.0. The summed E-state index contributed by atoms with van der Waals surface area (Å²) >= 11 is 1.74. The Bertz CT molecular complexity index is 416. The number of nitrogens with two attached hydrogens (primary N) is 1. The van der Waals surface area contributed by atoms with Crippen LogP contribution in [0.5, 0.6) is 0 Å². The van der Waals surface area contributed by atoms with Gasteiger partial charge in [-0.25, -0.2) is 0 Å². The molecule has 0 saturated carbocycles. The second kappa shape index (κ2) is 6.66. The van der Waals surface area contributed by atoms with Gasteiger partial charge in [0.2, 0.25) is 0 Å². The molecule has 0 spiro atoms. The summed E-state index contributed by atoms with van der Waals surface area (Å²) in [6.45, 7) is 5.93. The van der Waals surface area contributed by atoms with Crippen molar-refractivity contribution in [2.24, 2.45) is 11.7 Å². The van der Waals surface area contributed by atoms with Gasteiger partial charge in [0.25, 0.3) is 0 Å². The third-order valence-electron chi connectivity index (χ3n) is 2.75. The van der Waals surface area contributed by atoms with Gasteiger partial charge in [-0.15, -0.1) is 0 Å².